The first-order valence-corrected chi connectivity index (χ1v) is 6.39. The zero-order valence-corrected chi connectivity index (χ0v) is 13.0. The number of hydrogen-bond donors (Lipinski definition) is 1. The van der Waals surface area contributed by atoms with E-state index < -0.39 is 0 Å². The summed E-state index contributed by atoms with van der Waals surface area (Å²) in [4.78, 5) is 18.2. The third kappa shape index (κ3) is 3.82. The Hall–Kier alpha value is -0.360. The molecule has 1 saturated heterocycles. The monoisotopic (exact) mass is 311 g/mol. The zero-order chi connectivity index (χ0) is 11.6. The fourth-order valence-corrected chi connectivity index (χ4v) is 2.64. The second-order valence-corrected chi connectivity index (χ2v) is 5.35. The van der Waals surface area contributed by atoms with Crippen LogP contribution in [0.25, 0.3) is 0 Å². The van der Waals surface area contributed by atoms with Crippen molar-refractivity contribution in [3.05, 3.63) is 16.6 Å². The predicted octanol–water partition coefficient (Wildman–Crippen LogP) is 1.94. The molecule has 0 spiro atoms. The van der Waals surface area contributed by atoms with Crippen molar-refractivity contribution < 1.29 is 4.79 Å². The van der Waals surface area contributed by atoms with E-state index in [0.717, 1.165) is 25.2 Å². The van der Waals surface area contributed by atoms with Crippen LogP contribution >= 0.6 is 36.2 Å². The average molecular weight is 312 g/mol. The van der Waals surface area contributed by atoms with E-state index in [1.54, 1.807) is 21.7 Å². The molecule has 1 N–H and O–H groups in total. The molecular formula is C11H19Cl2N3OS. The molecule has 18 heavy (non-hydrogen) atoms. The van der Waals surface area contributed by atoms with Crippen molar-refractivity contribution in [2.75, 3.05) is 20.1 Å². The molecule has 0 aliphatic carbocycles. The van der Waals surface area contributed by atoms with E-state index in [-0.39, 0.29) is 36.1 Å². The van der Waals surface area contributed by atoms with Crippen LogP contribution in [0.15, 0.2) is 10.9 Å². The van der Waals surface area contributed by atoms with Crippen molar-refractivity contribution in [3.8, 4) is 0 Å². The van der Waals surface area contributed by atoms with Crippen molar-refractivity contribution in [1.82, 2.24) is 15.2 Å². The summed E-state index contributed by atoms with van der Waals surface area (Å²) in [6.07, 6.45) is 0.924. The Morgan fingerprint density at radius 2 is 2.33 bits per heavy atom. The van der Waals surface area contributed by atoms with Gasteiger partial charge in [-0.1, -0.05) is 0 Å². The van der Waals surface area contributed by atoms with Crippen LogP contribution in [-0.4, -0.2) is 35.9 Å². The van der Waals surface area contributed by atoms with Crippen LogP contribution in [0.2, 0.25) is 0 Å². The van der Waals surface area contributed by atoms with Crippen LogP contribution in [0.1, 0.15) is 19.0 Å². The number of carbonyl (C=O) groups is 1. The molecule has 4 nitrogen and oxygen atoms in total. The van der Waals surface area contributed by atoms with Crippen LogP contribution in [0.5, 0.6) is 0 Å². The van der Waals surface area contributed by atoms with Crippen molar-refractivity contribution in [2.24, 2.45) is 5.41 Å². The van der Waals surface area contributed by atoms with Crippen LogP contribution < -0.4 is 5.32 Å². The maximum atomic E-state index is 12.3. The van der Waals surface area contributed by atoms with E-state index in [0.29, 0.717) is 6.54 Å². The maximum Gasteiger partial charge on any atom is 0.229 e. The molecule has 1 unspecified atom stereocenters. The van der Waals surface area contributed by atoms with Crippen molar-refractivity contribution >= 4 is 42.1 Å². The molecule has 0 radical (unpaired) electrons. The maximum absolute atomic E-state index is 12.3. The molecule has 1 aromatic rings. The van der Waals surface area contributed by atoms with Crippen molar-refractivity contribution in [1.29, 1.82) is 0 Å². The molecule has 104 valence electrons. The molecule has 0 saturated carbocycles. The number of rotatable bonds is 3. The second kappa shape index (κ2) is 7.28. The van der Waals surface area contributed by atoms with Gasteiger partial charge in [-0.05, 0) is 19.9 Å². The smallest absolute Gasteiger partial charge is 0.229 e. The van der Waals surface area contributed by atoms with Gasteiger partial charge in [0.1, 0.15) is 0 Å². The molecule has 1 amide bonds. The number of amides is 1. The number of hydrogen-bond acceptors (Lipinski definition) is 4. The number of nitrogens with one attached hydrogen (secondary N) is 1. The normalized spacial score (nSPS) is 21.9. The van der Waals surface area contributed by atoms with Gasteiger partial charge in [-0.3, -0.25) is 4.79 Å². The molecule has 1 aliphatic heterocycles. The highest BCUT2D eigenvalue weighted by Gasteiger charge is 2.38. The van der Waals surface area contributed by atoms with E-state index in [4.69, 9.17) is 0 Å². The van der Waals surface area contributed by atoms with Gasteiger partial charge in [0.2, 0.25) is 5.91 Å². The quantitative estimate of drug-likeness (QED) is 0.928. The summed E-state index contributed by atoms with van der Waals surface area (Å²) in [5.74, 6) is 0.213. The molecular weight excluding hydrogens is 293 g/mol. The van der Waals surface area contributed by atoms with Gasteiger partial charge < -0.3 is 10.2 Å². The highest BCUT2D eigenvalue weighted by Crippen LogP contribution is 2.27. The van der Waals surface area contributed by atoms with Crippen LogP contribution in [0.4, 0.5) is 0 Å². The van der Waals surface area contributed by atoms with E-state index in [1.165, 1.54) is 0 Å². The van der Waals surface area contributed by atoms with Gasteiger partial charge in [-0.15, -0.1) is 36.2 Å². The lowest BCUT2D eigenvalue weighted by atomic mass is 9.88. The minimum Gasteiger partial charge on any atom is -0.339 e. The largest absolute Gasteiger partial charge is 0.339 e. The number of thiazole rings is 1. The summed E-state index contributed by atoms with van der Waals surface area (Å²) < 4.78 is 0. The first kappa shape index (κ1) is 17.6. The fraction of sp³-hybridized carbons (Fsp3) is 0.636. The van der Waals surface area contributed by atoms with E-state index >= 15 is 0 Å². The Balaban J connectivity index is 0.00000144. The summed E-state index contributed by atoms with van der Waals surface area (Å²) in [6.45, 7) is 4.37. The Labute approximate surface area is 124 Å². The van der Waals surface area contributed by atoms with E-state index in [1.807, 2.05) is 19.4 Å². The molecule has 7 heteroatoms. The molecule has 0 bridgehead atoms. The fourth-order valence-electron chi connectivity index (χ4n) is 2.09. The van der Waals surface area contributed by atoms with Gasteiger partial charge in [0.15, 0.2) is 0 Å². The van der Waals surface area contributed by atoms with Gasteiger partial charge >= 0.3 is 0 Å². The SMILES string of the molecule is CN(Cc1cscn1)C(=O)C1(C)CCNC1.Cl.Cl. The highest BCUT2D eigenvalue weighted by atomic mass is 35.5. The Morgan fingerprint density at radius 3 is 2.83 bits per heavy atom. The minimum absolute atomic E-state index is 0. The third-order valence-electron chi connectivity index (χ3n) is 3.11. The second-order valence-electron chi connectivity index (χ2n) is 4.63. The van der Waals surface area contributed by atoms with E-state index in [2.05, 4.69) is 10.3 Å². The molecule has 1 fully saturated rings. The van der Waals surface area contributed by atoms with Gasteiger partial charge in [0, 0.05) is 19.0 Å². The van der Waals surface area contributed by atoms with Gasteiger partial charge in [0.05, 0.1) is 23.2 Å². The first-order valence-electron chi connectivity index (χ1n) is 5.45. The topological polar surface area (TPSA) is 45.2 Å². The lowest BCUT2D eigenvalue weighted by Gasteiger charge is -2.27. The summed E-state index contributed by atoms with van der Waals surface area (Å²) in [6, 6.07) is 0. The van der Waals surface area contributed by atoms with Crippen LogP contribution in [0.3, 0.4) is 0 Å². The summed E-state index contributed by atoms with van der Waals surface area (Å²) in [5.41, 5.74) is 2.53. The van der Waals surface area contributed by atoms with Crippen molar-refractivity contribution in [3.63, 3.8) is 0 Å². The molecule has 0 aromatic carbocycles. The summed E-state index contributed by atoms with van der Waals surface area (Å²) in [7, 11) is 1.85. The number of aromatic nitrogens is 1. The van der Waals surface area contributed by atoms with Gasteiger partial charge in [-0.2, -0.15) is 0 Å². The van der Waals surface area contributed by atoms with Gasteiger partial charge in [-0.25, -0.2) is 4.98 Å². The van der Waals surface area contributed by atoms with Crippen LogP contribution in [0, 0.1) is 5.41 Å². The lowest BCUT2D eigenvalue weighted by Crippen LogP contribution is -2.41. The first-order chi connectivity index (χ1) is 7.62. The van der Waals surface area contributed by atoms with Crippen molar-refractivity contribution in [2.45, 2.75) is 19.9 Å². The average Bonchev–Trinajstić information content (AvgIpc) is 2.89. The number of carbonyl (C=O) groups excluding carboxylic acids is 1. The van der Waals surface area contributed by atoms with Crippen LogP contribution in [-0.2, 0) is 11.3 Å². The van der Waals surface area contributed by atoms with Gasteiger partial charge in [0.25, 0.3) is 0 Å². The Bertz CT molecular complexity index is 366. The molecule has 1 aliphatic rings. The van der Waals surface area contributed by atoms with E-state index in [9.17, 15) is 4.79 Å². The minimum atomic E-state index is -0.231. The Kier molecular flexibility index (Phi) is 7.14. The molecule has 2 rings (SSSR count). The number of nitrogens with zero attached hydrogens (tertiary/aromatic N) is 2. The third-order valence-corrected chi connectivity index (χ3v) is 3.75. The predicted molar refractivity (Wildman–Crippen MR) is 78.7 cm³/mol. The summed E-state index contributed by atoms with van der Waals surface area (Å²) >= 11 is 1.56. The lowest BCUT2D eigenvalue weighted by molar-refractivity contribution is -0.139. The highest BCUT2D eigenvalue weighted by molar-refractivity contribution is 7.07. The molecule has 2 heterocycles. The molecule has 1 atom stereocenters. The molecule has 1 aromatic heterocycles. The number of halogens is 2. The zero-order valence-electron chi connectivity index (χ0n) is 10.5. The standard InChI is InChI=1S/C11H17N3OS.2ClH/c1-11(3-4-12-7-11)10(15)14(2)5-9-6-16-8-13-9;;/h6,8,12H,3-5,7H2,1-2H3;2*1H. The summed E-state index contributed by atoms with van der Waals surface area (Å²) in [5, 5.41) is 5.23. The Morgan fingerprint density at radius 1 is 1.61 bits per heavy atom.